The first-order valence-corrected chi connectivity index (χ1v) is 8.21. The van der Waals surface area contributed by atoms with Gasteiger partial charge in [0.05, 0.1) is 6.61 Å². The van der Waals surface area contributed by atoms with Crippen LogP contribution in [0.5, 0.6) is 0 Å². The zero-order valence-electron chi connectivity index (χ0n) is 13.4. The predicted molar refractivity (Wildman–Crippen MR) is 83.6 cm³/mol. The normalized spacial score (nSPS) is 11.6. The van der Waals surface area contributed by atoms with E-state index >= 15 is 0 Å². The van der Waals surface area contributed by atoms with Crippen molar-refractivity contribution in [3.63, 3.8) is 0 Å². The molecule has 0 atom stereocenters. The average Bonchev–Trinajstić information content (AvgIpc) is 2.47. The fourth-order valence-corrected chi connectivity index (χ4v) is 1.93. The molecule has 0 aromatic rings. The number of aldehydes is 1. The zero-order valence-corrected chi connectivity index (χ0v) is 13.4. The third-order valence-corrected chi connectivity index (χ3v) is 3.22. The van der Waals surface area contributed by atoms with Gasteiger partial charge in [0.25, 0.3) is 0 Å². The van der Waals surface area contributed by atoms with Crippen LogP contribution in [0.1, 0.15) is 78.1 Å². The van der Waals surface area contributed by atoms with Crippen molar-refractivity contribution in [3.05, 3.63) is 11.8 Å². The smallest absolute Gasteiger partial charge is 0.189 e. The number of allylic oxidation sites excluding steroid dienone is 2. The lowest BCUT2D eigenvalue weighted by molar-refractivity contribution is -0.111. The lowest BCUT2D eigenvalue weighted by Crippen LogP contribution is -2.02. The molecule has 0 unspecified atom stereocenters. The minimum Gasteiger partial charge on any atom is -0.464 e. The molecule has 0 fully saturated rings. The Morgan fingerprint density at radius 3 is 2.20 bits per heavy atom. The molecular formula is C17H32O3. The molecule has 0 amide bonds. The van der Waals surface area contributed by atoms with Crippen LogP contribution in [0, 0.1) is 0 Å². The van der Waals surface area contributed by atoms with Gasteiger partial charge < -0.3 is 9.47 Å². The van der Waals surface area contributed by atoms with Crippen LogP contribution in [0.3, 0.4) is 0 Å². The third kappa shape index (κ3) is 13.6. The topological polar surface area (TPSA) is 35.5 Å². The van der Waals surface area contributed by atoms with Gasteiger partial charge in [-0.3, -0.25) is 4.79 Å². The van der Waals surface area contributed by atoms with Crippen molar-refractivity contribution in [3.8, 4) is 0 Å². The highest BCUT2D eigenvalue weighted by atomic mass is 16.7. The van der Waals surface area contributed by atoms with E-state index in [1.54, 1.807) is 0 Å². The van der Waals surface area contributed by atoms with Crippen molar-refractivity contribution in [2.75, 3.05) is 13.4 Å². The molecule has 0 heterocycles. The summed E-state index contributed by atoms with van der Waals surface area (Å²) in [5.74, 6) is 0.411. The molecule has 0 aliphatic heterocycles. The van der Waals surface area contributed by atoms with E-state index in [1.807, 2.05) is 6.08 Å². The fourth-order valence-electron chi connectivity index (χ4n) is 1.93. The van der Waals surface area contributed by atoms with Crippen LogP contribution in [0.4, 0.5) is 0 Å². The molecular weight excluding hydrogens is 252 g/mol. The lowest BCUT2D eigenvalue weighted by Gasteiger charge is -2.06. The Bertz CT molecular complexity index is 236. The van der Waals surface area contributed by atoms with Crippen molar-refractivity contribution in [1.82, 2.24) is 0 Å². The first-order chi connectivity index (χ1) is 9.85. The average molecular weight is 284 g/mol. The van der Waals surface area contributed by atoms with Crippen LogP contribution < -0.4 is 0 Å². The molecule has 0 N–H and O–H groups in total. The monoisotopic (exact) mass is 284 g/mol. The molecule has 20 heavy (non-hydrogen) atoms. The maximum absolute atomic E-state index is 10.8. The molecule has 0 bridgehead atoms. The Labute approximate surface area is 124 Å². The summed E-state index contributed by atoms with van der Waals surface area (Å²) in [7, 11) is 0. The van der Waals surface area contributed by atoms with Gasteiger partial charge in [0.1, 0.15) is 0 Å². The van der Waals surface area contributed by atoms with E-state index in [0.717, 1.165) is 25.5 Å². The van der Waals surface area contributed by atoms with Crippen LogP contribution in [0.15, 0.2) is 11.8 Å². The number of carbonyl (C=O) groups is 1. The van der Waals surface area contributed by atoms with Gasteiger partial charge in [0, 0.05) is 0 Å². The van der Waals surface area contributed by atoms with Crippen molar-refractivity contribution in [1.29, 1.82) is 0 Å². The van der Waals surface area contributed by atoms with Gasteiger partial charge >= 0.3 is 0 Å². The first kappa shape index (κ1) is 19.2. The quantitative estimate of drug-likeness (QED) is 0.139. The largest absolute Gasteiger partial charge is 0.464 e. The molecule has 0 saturated heterocycles. The molecule has 3 nitrogen and oxygen atoms in total. The van der Waals surface area contributed by atoms with E-state index in [9.17, 15) is 4.79 Å². The number of rotatable bonds is 15. The van der Waals surface area contributed by atoms with E-state index < -0.39 is 0 Å². The van der Waals surface area contributed by atoms with Crippen molar-refractivity contribution in [2.45, 2.75) is 78.1 Å². The van der Waals surface area contributed by atoms with Gasteiger partial charge in [-0.1, -0.05) is 58.8 Å². The summed E-state index contributed by atoms with van der Waals surface area (Å²) in [4.78, 5) is 10.8. The second-order valence-corrected chi connectivity index (χ2v) is 5.16. The number of unbranched alkanes of at least 4 members (excludes halogenated alkanes) is 8. The molecule has 118 valence electrons. The van der Waals surface area contributed by atoms with Crippen LogP contribution in [-0.4, -0.2) is 19.7 Å². The Hall–Kier alpha value is -0.830. The Morgan fingerprint density at radius 2 is 1.55 bits per heavy atom. The van der Waals surface area contributed by atoms with Crippen molar-refractivity contribution in [2.24, 2.45) is 0 Å². The number of hydrogen-bond donors (Lipinski definition) is 0. The molecule has 0 spiro atoms. The zero-order chi connectivity index (χ0) is 14.9. The summed E-state index contributed by atoms with van der Waals surface area (Å²) in [6.45, 7) is 5.30. The molecule has 0 rings (SSSR count). The minimum absolute atomic E-state index is 0.187. The molecule has 0 aromatic heterocycles. The summed E-state index contributed by atoms with van der Waals surface area (Å²) < 4.78 is 10.6. The lowest BCUT2D eigenvalue weighted by atomic mass is 10.1. The second-order valence-electron chi connectivity index (χ2n) is 5.16. The van der Waals surface area contributed by atoms with E-state index in [0.29, 0.717) is 12.4 Å². The SMILES string of the molecule is CCCCCCCC=C(C=O)OCOCCCCCC. The Kier molecular flexibility index (Phi) is 15.6. The highest BCUT2D eigenvalue weighted by molar-refractivity contribution is 5.69. The summed E-state index contributed by atoms with van der Waals surface area (Å²) in [5, 5.41) is 0. The maximum atomic E-state index is 10.8. The highest BCUT2D eigenvalue weighted by Crippen LogP contribution is 2.07. The molecule has 0 aliphatic carbocycles. The van der Waals surface area contributed by atoms with Crippen LogP contribution >= 0.6 is 0 Å². The standard InChI is InChI=1S/C17H32O3/c1-3-5-7-9-10-11-13-17(15-18)20-16-19-14-12-8-6-4-2/h13,15H,3-12,14,16H2,1-2H3. The van der Waals surface area contributed by atoms with Crippen molar-refractivity contribution >= 4 is 6.29 Å². The summed E-state index contributed by atoms with van der Waals surface area (Å²) in [5.41, 5.74) is 0. The molecule has 0 aliphatic rings. The van der Waals surface area contributed by atoms with E-state index in [2.05, 4.69) is 13.8 Å². The third-order valence-electron chi connectivity index (χ3n) is 3.22. The van der Waals surface area contributed by atoms with Gasteiger partial charge in [-0.15, -0.1) is 0 Å². The number of hydrogen-bond acceptors (Lipinski definition) is 3. The molecule has 0 radical (unpaired) electrons. The predicted octanol–water partition coefficient (Wildman–Crippen LogP) is 5.00. The van der Waals surface area contributed by atoms with Gasteiger partial charge in [-0.05, 0) is 25.3 Å². The summed E-state index contributed by atoms with van der Waals surface area (Å²) >= 11 is 0. The molecule has 0 aromatic carbocycles. The van der Waals surface area contributed by atoms with Gasteiger partial charge in [-0.25, -0.2) is 0 Å². The summed E-state index contributed by atoms with van der Waals surface area (Å²) in [6, 6.07) is 0. The van der Waals surface area contributed by atoms with E-state index in [1.165, 1.54) is 44.9 Å². The first-order valence-electron chi connectivity index (χ1n) is 8.21. The van der Waals surface area contributed by atoms with Crippen LogP contribution in [0.2, 0.25) is 0 Å². The van der Waals surface area contributed by atoms with Gasteiger partial charge in [-0.2, -0.15) is 0 Å². The fraction of sp³-hybridized carbons (Fsp3) is 0.824. The van der Waals surface area contributed by atoms with Crippen molar-refractivity contribution < 1.29 is 14.3 Å². The summed E-state index contributed by atoms with van der Waals surface area (Å²) in [6.07, 6.45) is 14.5. The Morgan fingerprint density at radius 1 is 0.900 bits per heavy atom. The maximum Gasteiger partial charge on any atom is 0.189 e. The molecule has 3 heteroatoms. The van der Waals surface area contributed by atoms with E-state index in [4.69, 9.17) is 9.47 Å². The van der Waals surface area contributed by atoms with Gasteiger partial charge in [0.2, 0.25) is 0 Å². The minimum atomic E-state index is 0.187. The number of carbonyl (C=O) groups excluding carboxylic acids is 1. The van der Waals surface area contributed by atoms with Gasteiger partial charge in [0.15, 0.2) is 18.8 Å². The Balaban J connectivity index is 3.47. The van der Waals surface area contributed by atoms with Crippen LogP contribution in [0.25, 0.3) is 0 Å². The second kappa shape index (κ2) is 16.2. The number of ether oxygens (including phenoxy) is 2. The highest BCUT2D eigenvalue weighted by Gasteiger charge is 1.96. The van der Waals surface area contributed by atoms with E-state index in [-0.39, 0.29) is 6.79 Å². The molecule has 0 saturated carbocycles. The van der Waals surface area contributed by atoms with Crippen LogP contribution in [-0.2, 0) is 14.3 Å².